The summed E-state index contributed by atoms with van der Waals surface area (Å²) < 4.78 is 0. The summed E-state index contributed by atoms with van der Waals surface area (Å²) >= 11 is 0. The fourth-order valence-electron chi connectivity index (χ4n) is 2.87. The summed E-state index contributed by atoms with van der Waals surface area (Å²) in [5, 5.41) is 3.29. The van der Waals surface area contributed by atoms with E-state index in [1.807, 2.05) is 11.8 Å². The molecule has 2 aliphatic heterocycles. The van der Waals surface area contributed by atoms with Crippen molar-refractivity contribution in [2.45, 2.75) is 25.8 Å². The number of primary amides is 1. The predicted octanol–water partition coefficient (Wildman–Crippen LogP) is -0.996. The van der Waals surface area contributed by atoms with Crippen molar-refractivity contribution in [1.29, 1.82) is 0 Å². The van der Waals surface area contributed by atoms with E-state index in [2.05, 4.69) is 10.2 Å². The molecule has 2 aliphatic rings. The molecular weight excluding hydrogens is 244 g/mol. The van der Waals surface area contributed by atoms with E-state index < -0.39 is 0 Å². The number of carbonyl (C=O) groups is 2. The highest BCUT2D eigenvalue weighted by atomic mass is 16.2. The zero-order valence-electron chi connectivity index (χ0n) is 11.6. The van der Waals surface area contributed by atoms with E-state index in [9.17, 15) is 9.59 Å². The molecule has 1 atom stereocenters. The number of nitrogens with zero attached hydrogens (tertiary/aromatic N) is 2. The maximum absolute atomic E-state index is 12.4. The Morgan fingerprint density at radius 2 is 1.74 bits per heavy atom. The van der Waals surface area contributed by atoms with Crippen molar-refractivity contribution in [3.63, 3.8) is 0 Å². The summed E-state index contributed by atoms with van der Waals surface area (Å²) in [5.74, 6) is -0.106. The molecule has 2 heterocycles. The van der Waals surface area contributed by atoms with Gasteiger partial charge in [-0.2, -0.15) is 0 Å². The van der Waals surface area contributed by atoms with Gasteiger partial charge in [0.15, 0.2) is 0 Å². The van der Waals surface area contributed by atoms with Crippen LogP contribution in [0.2, 0.25) is 0 Å². The van der Waals surface area contributed by atoms with Gasteiger partial charge in [0, 0.05) is 45.2 Å². The number of piperidine rings is 1. The lowest BCUT2D eigenvalue weighted by Gasteiger charge is -2.37. The minimum atomic E-state index is -0.234. The number of hydrogen-bond donors (Lipinski definition) is 2. The zero-order chi connectivity index (χ0) is 13.8. The topological polar surface area (TPSA) is 78.7 Å². The van der Waals surface area contributed by atoms with Gasteiger partial charge < -0.3 is 16.0 Å². The standard InChI is InChI=1S/C13H24N4O2/c1-10(16-8-4-15-5-9-16)13(19)17-6-2-11(3-7-17)12(14)18/h10-11,15H,2-9H2,1H3,(H2,14,18). The molecule has 0 spiro atoms. The molecule has 0 bridgehead atoms. The smallest absolute Gasteiger partial charge is 0.239 e. The lowest BCUT2D eigenvalue weighted by atomic mass is 9.96. The number of carbonyl (C=O) groups excluding carboxylic acids is 2. The van der Waals surface area contributed by atoms with Crippen molar-refractivity contribution in [2.24, 2.45) is 11.7 Å². The largest absolute Gasteiger partial charge is 0.369 e. The van der Waals surface area contributed by atoms with Crippen LogP contribution in [-0.2, 0) is 9.59 Å². The summed E-state index contributed by atoms with van der Waals surface area (Å²) in [6.45, 7) is 7.03. The highest BCUT2D eigenvalue weighted by Gasteiger charge is 2.30. The summed E-state index contributed by atoms with van der Waals surface area (Å²) in [4.78, 5) is 27.6. The minimum absolute atomic E-state index is 0.0569. The van der Waals surface area contributed by atoms with Crippen LogP contribution in [0.1, 0.15) is 19.8 Å². The van der Waals surface area contributed by atoms with Crippen LogP contribution >= 0.6 is 0 Å². The van der Waals surface area contributed by atoms with Gasteiger partial charge in [-0.3, -0.25) is 14.5 Å². The third-order valence-electron chi connectivity index (χ3n) is 4.27. The first-order chi connectivity index (χ1) is 9.09. The van der Waals surface area contributed by atoms with Gasteiger partial charge >= 0.3 is 0 Å². The van der Waals surface area contributed by atoms with Crippen LogP contribution < -0.4 is 11.1 Å². The van der Waals surface area contributed by atoms with Crippen LogP contribution in [-0.4, -0.2) is 66.9 Å². The Balaban J connectivity index is 1.84. The molecular formula is C13H24N4O2. The molecule has 108 valence electrons. The van der Waals surface area contributed by atoms with Gasteiger partial charge in [-0.05, 0) is 19.8 Å². The third-order valence-corrected chi connectivity index (χ3v) is 4.27. The lowest BCUT2D eigenvalue weighted by Crippen LogP contribution is -2.54. The SMILES string of the molecule is CC(C(=O)N1CCC(C(N)=O)CC1)N1CCNCC1. The molecule has 0 radical (unpaired) electrons. The van der Waals surface area contributed by atoms with Gasteiger partial charge in [0.1, 0.15) is 0 Å². The Labute approximate surface area is 114 Å². The van der Waals surface area contributed by atoms with Crippen molar-refractivity contribution in [1.82, 2.24) is 15.1 Å². The van der Waals surface area contributed by atoms with Crippen molar-refractivity contribution < 1.29 is 9.59 Å². The second-order valence-electron chi connectivity index (χ2n) is 5.46. The molecule has 6 heteroatoms. The van der Waals surface area contributed by atoms with E-state index in [1.54, 1.807) is 0 Å². The summed E-state index contributed by atoms with van der Waals surface area (Å²) in [7, 11) is 0. The molecule has 0 aromatic heterocycles. The van der Waals surface area contributed by atoms with Gasteiger partial charge in [-0.25, -0.2) is 0 Å². The minimum Gasteiger partial charge on any atom is -0.369 e. The summed E-state index contributed by atoms with van der Waals surface area (Å²) in [6, 6.07) is -0.0628. The molecule has 1 unspecified atom stereocenters. The number of amides is 2. The Morgan fingerprint density at radius 3 is 2.26 bits per heavy atom. The second kappa shape index (κ2) is 6.34. The first kappa shape index (κ1) is 14.3. The quantitative estimate of drug-likeness (QED) is 0.688. The number of nitrogens with two attached hydrogens (primary N) is 1. The monoisotopic (exact) mass is 268 g/mol. The van der Waals surface area contributed by atoms with Crippen molar-refractivity contribution in [3.8, 4) is 0 Å². The molecule has 0 aromatic carbocycles. The van der Waals surface area contributed by atoms with Gasteiger partial charge in [0.2, 0.25) is 11.8 Å². The number of likely N-dealkylation sites (tertiary alicyclic amines) is 1. The van der Waals surface area contributed by atoms with Crippen LogP contribution in [0, 0.1) is 5.92 Å². The van der Waals surface area contributed by atoms with Crippen molar-refractivity contribution in [3.05, 3.63) is 0 Å². The van der Waals surface area contributed by atoms with Crippen LogP contribution in [0.25, 0.3) is 0 Å². The maximum Gasteiger partial charge on any atom is 0.239 e. The van der Waals surface area contributed by atoms with Crippen LogP contribution in [0.4, 0.5) is 0 Å². The lowest BCUT2D eigenvalue weighted by molar-refractivity contribution is -0.139. The van der Waals surface area contributed by atoms with Crippen LogP contribution in [0.15, 0.2) is 0 Å². The summed E-state index contributed by atoms with van der Waals surface area (Å²) in [6.07, 6.45) is 1.41. The molecule has 2 saturated heterocycles. The molecule has 6 nitrogen and oxygen atoms in total. The number of hydrogen-bond acceptors (Lipinski definition) is 4. The molecule has 2 amide bonds. The second-order valence-corrected chi connectivity index (χ2v) is 5.46. The molecule has 2 rings (SSSR count). The van der Waals surface area contributed by atoms with E-state index in [0.717, 1.165) is 26.2 Å². The number of rotatable bonds is 3. The predicted molar refractivity (Wildman–Crippen MR) is 72.4 cm³/mol. The van der Waals surface area contributed by atoms with E-state index in [1.165, 1.54) is 0 Å². The average molecular weight is 268 g/mol. The highest BCUT2D eigenvalue weighted by Crippen LogP contribution is 2.18. The first-order valence-corrected chi connectivity index (χ1v) is 7.12. The summed E-state index contributed by atoms with van der Waals surface area (Å²) in [5.41, 5.74) is 5.31. The molecule has 2 fully saturated rings. The molecule has 3 N–H and O–H groups in total. The number of nitrogens with one attached hydrogen (secondary N) is 1. The highest BCUT2D eigenvalue weighted by molar-refractivity contribution is 5.82. The zero-order valence-corrected chi connectivity index (χ0v) is 11.6. The van der Waals surface area contributed by atoms with Crippen LogP contribution in [0.5, 0.6) is 0 Å². The normalized spacial score (nSPS) is 24.2. The molecule has 0 saturated carbocycles. The van der Waals surface area contributed by atoms with Crippen molar-refractivity contribution >= 4 is 11.8 Å². The van der Waals surface area contributed by atoms with Gasteiger partial charge in [0.05, 0.1) is 6.04 Å². The Morgan fingerprint density at radius 1 is 1.16 bits per heavy atom. The Bertz CT molecular complexity index is 334. The van der Waals surface area contributed by atoms with Crippen LogP contribution in [0.3, 0.4) is 0 Å². The van der Waals surface area contributed by atoms with Gasteiger partial charge in [-0.1, -0.05) is 0 Å². The fraction of sp³-hybridized carbons (Fsp3) is 0.846. The van der Waals surface area contributed by atoms with Crippen molar-refractivity contribution in [2.75, 3.05) is 39.3 Å². The Hall–Kier alpha value is -1.14. The third kappa shape index (κ3) is 3.45. The van der Waals surface area contributed by atoms with Gasteiger partial charge in [0.25, 0.3) is 0 Å². The Kier molecular flexibility index (Phi) is 4.76. The van der Waals surface area contributed by atoms with E-state index in [0.29, 0.717) is 25.9 Å². The number of piperazine rings is 1. The van der Waals surface area contributed by atoms with E-state index >= 15 is 0 Å². The van der Waals surface area contributed by atoms with E-state index in [-0.39, 0.29) is 23.8 Å². The first-order valence-electron chi connectivity index (χ1n) is 7.12. The average Bonchev–Trinajstić information content (AvgIpc) is 2.46. The van der Waals surface area contributed by atoms with Gasteiger partial charge in [-0.15, -0.1) is 0 Å². The van der Waals surface area contributed by atoms with E-state index in [4.69, 9.17) is 5.73 Å². The molecule has 19 heavy (non-hydrogen) atoms. The fourth-order valence-corrected chi connectivity index (χ4v) is 2.87. The maximum atomic E-state index is 12.4. The molecule has 0 aromatic rings. The molecule has 0 aliphatic carbocycles.